The largest absolute Gasteiger partial charge is 0.496 e. The Bertz CT molecular complexity index is 935. The third kappa shape index (κ3) is 4.86. The van der Waals surface area contributed by atoms with Gasteiger partial charge in [-0.1, -0.05) is 12.1 Å². The number of nitrogens with zero attached hydrogens (tertiary/aromatic N) is 2. The average molecular weight is 401 g/mol. The van der Waals surface area contributed by atoms with Crippen LogP contribution in [-0.2, 0) is 11.2 Å². The summed E-state index contributed by atoms with van der Waals surface area (Å²) in [4.78, 5) is 44.9. The number of hydrogen-bond acceptors (Lipinski definition) is 5. The standard InChI is InChI=1S/C20H27N5O4/c1-13-10-14(4-5-17(13)29-3)6-7-21-18(26)16-12-25(9-8-24(16)2)19(27)15-11-22-20(28)23-15/h4-5,10-11,16H,6-9,12H2,1-3H3,(H,21,26)(H2,22,23,28). The van der Waals surface area contributed by atoms with E-state index >= 15 is 0 Å². The number of benzene rings is 1. The monoisotopic (exact) mass is 401 g/mol. The maximum absolute atomic E-state index is 12.7. The van der Waals surface area contributed by atoms with Crippen molar-refractivity contribution in [3.05, 3.63) is 51.7 Å². The summed E-state index contributed by atoms with van der Waals surface area (Å²) >= 11 is 0. The first kappa shape index (κ1) is 20.7. The van der Waals surface area contributed by atoms with Crippen LogP contribution in [0, 0.1) is 6.92 Å². The quantitative estimate of drug-likeness (QED) is 0.638. The number of H-pyrrole nitrogens is 2. The molecule has 1 aliphatic heterocycles. The van der Waals surface area contributed by atoms with E-state index in [2.05, 4.69) is 21.4 Å². The number of methoxy groups -OCH3 is 1. The number of amides is 2. The maximum atomic E-state index is 12.7. The number of aromatic nitrogens is 2. The minimum absolute atomic E-state index is 0.113. The van der Waals surface area contributed by atoms with E-state index in [9.17, 15) is 14.4 Å². The average Bonchev–Trinajstić information content (AvgIpc) is 3.14. The summed E-state index contributed by atoms with van der Waals surface area (Å²) in [5, 5.41) is 2.97. The van der Waals surface area contributed by atoms with Gasteiger partial charge in [0, 0.05) is 32.4 Å². The van der Waals surface area contributed by atoms with Crippen molar-refractivity contribution in [1.29, 1.82) is 0 Å². The lowest BCUT2D eigenvalue weighted by Crippen LogP contribution is -2.59. The van der Waals surface area contributed by atoms with Gasteiger partial charge in [-0.25, -0.2) is 4.79 Å². The van der Waals surface area contributed by atoms with Crippen molar-refractivity contribution in [2.75, 3.05) is 40.3 Å². The number of hydrogen-bond donors (Lipinski definition) is 3. The Hall–Kier alpha value is -3.07. The molecule has 1 aromatic heterocycles. The molecule has 1 fully saturated rings. The minimum Gasteiger partial charge on any atom is -0.496 e. The molecule has 1 unspecified atom stereocenters. The summed E-state index contributed by atoms with van der Waals surface area (Å²) in [7, 11) is 3.52. The molecule has 2 aromatic rings. The van der Waals surface area contributed by atoms with Crippen molar-refractivity contribution in [2.24, 2.45) is 0 Å². The topological polar surface area (TPSA) is 111 Å². The molecule has 156 valence electrons. The second kappa shape index (κ2) is 8.95. The maximum Gasteiger partial charge on any atom is 0.323 e. The molecule has 0 spiro atoms. The van der Waals surface area contributed by atoms with Gasteiger partial charge < -0.3 is 24.9 Å². The number of carbonyl (C=O) groups is 2. The van der Waals surface area contributed by atoms with E-state index in [1.807, 2.05) is 31.0 Å². The molecular weight excluding hydrogens is 374 g/mol. The van der Waals surface area contributed by atoms with Gasteiger partial charge >= 0.3 is 5.69 Å². The Labute approximate surface area is 169 Å². The van der Waals surface area contributed by atoms with Crippen molar-refractivity contribution in [3.8, 4) is 5.75 Å². The Balaban J connectivity index is 1.55. The molecule has 2 amide bonds. The summed E-state index contributed by atoms with van der Waals surface area (Å²) in [6.07, 6.45) is 2.06. The van der Waals surface area contributed by atoms with Gasteiger partial charge in [0.2, 0.25) is 5.91 Å². The molecule has 3 rings (SSSR count). The predicted octanol–water partition coefficient (Wildman–Crippen LogP) is 0.135. The zero-order valence-electron chi connectivity index (χ0n) is 16.9. The number of rotatable bonds is 6. The van der Waals surface area contributed by atoms with E-state index in [0.29, 0.717) is 26.1 Å². The normalized spacial score (nSPS) is 17.2. The number of likely N-dealkylation sites (N-methyl/N-ethyl adjacent to an activating group) is 1. The van der Waals surface area contributed by atoms with Crippen LogP contribution < -0.4 is 15.7 Å². The van der Waals surface area contributed by atoms with E-state index in [4.69, 9.17) is 4.74 Å². The predicted molar refractivity (Wildman–Crippen MR) is 108 cm³/mol. The van der Waals surface area contributed by atoms with E-state index in [-0.39, 0.29) is 24.1 Å². The van der Waals surface area contributed by atoms with Crippen LogP contribution in [0.25, 0.3) is 0 Å². The molecule has 1 aromatic carbocycles. The molecule has 1 aliphatic rings. The van der Waals surface area contributed by atoms with Gasteiger partial charge in [0.1, 0.15) is 17.5 Å². The first-order valence-corrected chi connectivity index (χ1v) is 9.57. The number of ether oxygens (including phenoxy) is 1. The molecule has 0 bridgehead atoms. The van der Waals surface area contributed by atoms with E-state index in [0.717, 1.165) is 16.9 Å². The highest BCUT2D eigenvalue weighted by atomic mass is 16.5. The molecular formula is C20H27N5O4. The molecule has 9 nitrogen and oxygen atoms in total. The van der Waals surface area contributed by atoms with Crippen LogP contribution in [0.3, 0.4) is 0 Å². The van der Waals surface area contributed by atoms with E-state index < -0.39 is 11.7 Å². The zero-order valence-corrected chi connectivity index (χ0v) is 16.9. The van der Waals surface area contributed by atoms with Crippen molar-refractivity contribution in [2.45, 2.75) is 19.4 Å². The summed E-state index contributed by atoms with van der Waals surface area (Å²) in [5.74, 6) is 0.441. The van der Waals surface area contributed by atoms with Gasteiger partial charge in [0.25, 0.3) is 5.91 Å². The number of carbonyl (C=O) groups excluding carboxylic acids is 2. The molecule has 29 heavy (non-hydrogen) atoms. The third-order valence-electron chi connectivity index (χ3n) is 5.24. The third-order valence-corrected chi connectivity index (χ3v) is 5.24. The van der Waals surface area contributed by atoms with Gasteiger partial charge in [-0.2, -0.15) is 0 Å². The number of imidazole rings is 1. The lowest BCUT2D eigenvalue weighted by Gasteiger charge is -2.38. The summed E-state index contributed by atoms with van der Waals surface area (Å²) in [6.45, 7) is 3.85. The van der Waals surface area contributed by atoms with Crippen LogP contribution in [0.5, 0.6) is 5.75 Å². The molecule has 1 saturated heterocycles. The number of piperazine rings is 1. The van der Waals surface area contributed by atoms with E-state index in [1.165, 1.54) is 6.20 Å². The number of aromatic amines is 2. The van der Waals surface area contributed by atoms with Crippen molar-refractivity contribution < 1.29 is 14.3 Å². The molecule has 0 aliphatic carbocycles. The molecule has 1 atom stereocenters. The van der Waals surface area contributed by atoms with E-state index in [1.54, 1.807) is 12.0 Å². The second-order valence-electron chi connectivity index (χ2n) is 7.25. The SMILES string of the molecule is COc1ccc(CCNC(=O)C2CN(C(=O)c3c[nH]c(=O)[nH]3)CCN2C)cc1C. The van der Waals surface area contributed by atoms with Crippen molar-refractivity contribution >= 4 is 11.8 Å². The van der Waals surface area contributed by atoms with Crippen LogP contribution in [0.2, 0.25) is 0 Å². The molecule has 9 heteroatoms. The fraction of sp³-hybridized carbons (Fsp3) is 0.450. The summed E-state index contributed by atoms with van der Waals surface area (Å²) < 4.78 is 5.27. The Kier molecular flexibility index (Phi) is 6.38. The van der Waals surface area contributed by atoms with Gasteiger partial charge in [0.15, 0.2) is 0 Å². The lowest BCUT2D eigenvalue weighted by atomic mass is 10.1. The Morgan fingerprint density at radius 3 is 2.76 bits per heavy atom. The van der Waals surface area contributed by atoms with Gasteiger partial charge in [-0.05, 0) is 37.6 Å². The fourth-order valence-electron chi connectivity index (χ4n) is 3.50. The zero-order chi connectivity index (χ0) is 21.0. The lowest BCUT2D eigenvalue weighted by molar-refractivity contribution is -0.127. The summed E-state index contributed by atoms with van der Waals surface area (Å²) in [5.41, 5.74) is 1.95. The first-order valence-electron chi connectivity index (χ1n) is 9.57. The highest BCUT2D eigenvalue weighted by Gasteiger charge is 2.32. The Morgan fingerprint density at radius 2 is 2.10 bits per heavy atom. The van der Waals surface area contributed by atoms with Gasteiger partial charge in [0.05, 0.1) is 7.11 Å². The highest BCUT2D eigenvalue weighted by Crippen LogP contribution is 2.18. The first-order chi connectivity index (χ1) is 13.9. The summed E-state index contributed by atoms with van der Waals surface area (Å²) in [6, 6.07) is 5.53. The second-order valence-corrected chi connectivity index (χ2v) is 7.25. The smallest absolute Gasteiger partial charge is 0.323 e. The van der Waals surface area contributed by atoms with Crippen LogP contribution in [-0.4, -0.2) is 78.0 Å². The highest BCUT2D eigenvalue weighted by molar-refractivity contribution is 5.93. The minimum atomic E-state index is -0.434. The number of aryl methyl sites for hydroxylation is 1. The van der Waals surface area contributed by atoms with Gasteiger partial charge in [-0.15, -0.1) is 0 Å². The Morgan fingerprint density at radius 1 is 1.31 bits per heavy atom. The van der Waals surface area contributed by atoms with Crippen molar-refractivity contribution in [3.63, 3.8) is 0 Å². The van der Waals surface area contributed by atoms with Crippen LogP contribution >= 0.6 is 0 Å². The van der Waals surface area contributed by atoms with Crippen LogP contribution in [0.15, 0.2) is 29.2 Å². The number of nitrogens with one attached hydrogen (secondary N) is 3. The molecule has 3 N–H and O–H groups in total. The van der Waals surface area contributed by atoms with Crippen LogP contribution in [0.4, 0.5) is 0 Å². The molecule has 2 heterocycles. The molecule has 0 radical (unpaired) electrons. The fourth-order valence-corrected chi connectivity index (χ4v) is 3.50. The van der Waals surface area contributed by atoms with Gasteiger partial charge in [-0.3, -0.25) is 14.5 Å². The van der Waals surface area contributed by atoms with Crippen molar-refractivity contribution in [1.82, 2.24) is 25.1 Å². The molecule has 0 saturated carbocycles. The van der Waals surface area contributed by atoms with Crippen LogP contribution in [0.1, 0.15) is 21.6 Å².